The molecule has 0 aliphatic carbocycles. The maximum absolute atomic E-state index is 4.79. The Morgan fingerprint density at radius 2 is 2.05 bits per heavy atom. The Balaban J connectivity index is 2.04. The molecule has 0 aliphatic rings. The summed E-state index contributed by atoms with van der Waals surface area (Å²) in [5.74, 6) is 2.60. The van der Waals surface area contributed by atoms with E-state index in [2.05, 4.69) is 53.2 Å². The summed E-state index contributed by atoms with van der Waals surface area (Å²) in [7, 11) is 2.08. The van der Waals surface area contributed by atoms with Crippen molar-refractivity contribution in [2.45, 2.75) is 33.2 Å². The van der Waals surface area contributed by atoms with Crippen molar-refractivity contribution >= 4 is 11.0 Å². The van der Waals surface area contributed by atoms with E-state index in [9.17, 15) is 0 Å². The molecule has 0 fully saturated rings. The van der Waals surface area contributed by atoms with Gasteiger partial charge in [-0.3, -0.25) is 0 Å². The van der Waals surface area contributed by atoms with Crippen molar-refractivity contribution in [3.05, 3.63) is 47.8 Å². The van der Waals surface area contributed by atoms with Crippen molar-refractivity contribution in [2.24, 2.45) is 7.05 Å². The minimum Gasteiger partial charge on any atom is -0.330 e. The Hall–Kier alpha value is -2.10. The van der Waals surface area contributed by atoms with Gasteiger partial charge in [0, 0.05) is 19.4 Å². The SMILES string of the molecule is Cc1nccn1Cc1nc2cc(C(C)C)ccc2n1C. The summed E-state index contributed by atoms with van der Waals surface area (Å²) in [6.45, 7) is 7.19. The Morgan fingerprint density at radius 3 is 2.70 bits per heavy atom. The largest absolute Gasteiger partial charge is 0.330 e. The highest BCUT2D eigenvalue weighted by Gasteiger charge is 2.10. The van der Waals surface area contributed by atoms with Gasteiger partial charge in [0.15, 0.2) is 0 Å². The van der Waals surface area contributed by atoms with E-state index < -0.39 is 0 Å². The van der Waals surface area contributed by atoms with Crippen molar-refractivity contribution in [1.29, 1.82) is 0 Å². The highest BCUT2D eigenvalue weighted by atomic mass is 15.1. The van der Waals surface area contributed by atoms with E-state index in [1.165, 1.54) is 11.1 Å². The molecule has 3 aromatic rings. The number of rotatable bonds is 3. The van der Waals surface area contributed by atoms with Gasteiger partial charge in [-0.15, -0.1) is 0 Å². The quantitative estimate of drug-likeness (QED) is 0.731. The van der Waals surface area contributed by atoms with Crippen molar-refractivity contribution in [2.75, 3.05) is 0 Å². The normalized spacial score (nSPS) is 11.7. The number of benzene rings is 1. The first kappa shape index (κ1) is 12.9. The number of imidazole rings is 2. The first-order valence-electron chi connectivity index (χ1n) is 6.99. The predicted molar refractivity (Wildman–Crippen MR) is 80.9 cm³/mol. The van der Waals surface area contributed by atoms with Crippen LogP contribution in [-0.2, 0) is 13.6 Å². The summed E-state index contributed by atoms with van der Waals surface area (Å²) >= 11 is 0. The van der Waals surface area contributed by atoms with Crippen LogP contribution in [0.15, 0.2) is 30.6 Å². The topological polar surface area (TPSA) is 35.6 Å². The van der Waals surface area contributed by atoms with Gasteiger partial charge in [0.25, 0.3) is 0 Å². The zero-order valence-corrected chi connectivity index (χ0v) is 12.5. The van der Waals surface area contributed by atoms with Crippen LogP contribution in [0.2, 0.25) is 0 Å². The van der Waals surface area contributed by atoms with Gasteiger partial charge in [-0.25, -0.2) is 9.97 Å². The number of hydrogen-bond acceptors (Lipinski definition) is 2. The van der Waals surface area contributed by atoms with E-state index in [0.29, 0.717) is 5.92 Å². The van der Waals surface area contributed by atoms with E-state index in [1.807, 2.05) is 19.3 Å². The molecule has 0 bridgehead atoms. The fourth-order valence-electron chi connectivity index (χ4n) is 2.49. The zero-order chi connectivity index (χ0) is 14.3. The van der Waals surface area contributed by atoms with E-state index in [0.717, 1.165) is 23.7 Å². The molecule has 0 amide bonds. The third-order valence-electron chi connectivity index (χ3n) is 3.90. The summed E-state index contributed by atoms with van der Waals surface area (Å²) < 4.78 is 4.28. The molecule has 20 heavy (non-hydrogen) atoms. The highest BCUT2D eigenvalue weighted by molar-refractivity contribution is 5.77. The molecule has 3 rings (SSSR count). The van der Waals surface area contributed by atoms with Crippen molar-refractivity contribution in [1.82, 2.24) is 19.1 Å². The van der Waals surface area contributed by atoms with Crippen molar-refractivity contribution < 1.29 is 0 Å². The van der Waals surface area contributed by atoms with E-state index >= 15 is 0 Å². The Bertz CT molecular complexity index is 749. The Labute approximate surface area is 119 Å². The van der Waals surface area contributed by atoms with Gasteiger partial charge in [0.1, 0.15) is 11.6 Å². The Kier molecular flexibility index (Phi) is 3.08. The van der Waals surface area contributed by atoms with Gasteiger partial charge < -0.3 is 9.13 Å². The standard InChI is InChI=1S/C16H20N4/c1-11(2)13-5-6-15-14(9-13)18-16(19(15)4)10-20-8-7-17-12(20)3/h5-9,11H,10H2,1-4H3. The average molecular weight is 268 g/mol. The first-order chi connectivity index (χ1) is 9.56. The number of aryl methyl sites for hydroxylation is 2. The number of hydrogen-bond donors (Lipinski definition) is 0. The summed E-state index contributed by atoms with van der Waals surface area (Å²) in [4.78, 5) is 9.05. The first-order valence-corrected chi connectivity index (χ1v) is 6.99. The molecule has 2 heterocycles. The number of fused-ring (bicyclic) bond motifs is 1. The van der Waals surface area contributed by atoms with Crippen LogP contribution in [0, 0.1) is 6.92 Å². The zero-order valence-electron chi connectivity index (χ0n) is 12.5. The van der Waals surface area contributed by atoms with Crippen LogP contribution in [-0.4, -0.2) is 19.1 Å². The molecule has 0 atom stereocenters. The van der Waals surface area contributed by atoms with Crippen LogP contribution >= 0.6 is 0 Å². The Morgan fingerprint density at radius 1 is 1.25 bits per heavy atom. The third-order valence-corrected chi connectivity index (χ3v) is 3.90. The lowest BCUT2D eigenvalue weighted by Gasteiger charge is -2.06. The molecule has 0 unspecified atom stereocenters. The maximum atomic E-state index is 4.79. The van der Waals surface area contributed by atoms with Crippen LogP contribution in [0.5, 0.6) is 0 Å². The van der Waals surface area contributed by atoms with E-state index in [1.54, 1.807) is 0 Å². The molecule has 4 nitrogen and oxygen atoms in total. The summed E-state index contributed by atoms with van der Waals surface area (Å²) in [6, 6.07) is 6.56. The van der Waals surface area contributed by atoms with Crippen molar-refractivity contribution in [3.8, 4) is 0 Å². The van der Waals surface area contributed by atoms with Crippen LogP contribution < -0.4 is 0 Å². The molecule has 104 valence electrons. The molecule has 0 saturated heterocycles. The molecule has 0 saturated carbocycles. The monoisotopic (exact) mass is 268 g/mol. The van der Waals surface area contributed by atoms with Crippen LogP contribution in [0.1, 0.15) is 37.0 Å². The number of aromatic nitrogens is 4. The molecule has 2 aromatic heterocycles. The summed E-state index contributed by atoms with van der Waals surface area (Å²) in [5.41, 5.74) is 3.59. The van der Waals surface area contributed by atoms with Crippen LogP contribution in [0.25, 0.3) is 11.0 Å². The molecule has 0 spiro atoms. The second-order valence-electron chi connectivity index (χ2n) is 5.59. The van der Waals surface area contributed by atoms with Gasteiger partial charge >= 0.3 is 0 Å². The molecular weight excluding hydrogens is 248 g/mol. The highest BCUT2D eigenvalue weighted by Crippen LogP contribution is 2.22. The minimum atomic E-state index is 0.528. The lowest BCUT2D eigenvalue weighted by Crippen LogP contribution is -2.06. The molecule has 0 N–H and O–H groups in total. The second-order valence-corrected chi connectivity index (χ2v) is 5.59. The maximum Gasteiger partial charge on any atom is 0.129 e. The van der Waals surface area contributed by atoms with Gasteiger partial charge in [0.2, 0.25) is 0 Å². The molecule has 0 aliphatic heterocycles. The van der Waals surface area contributed by atoms with Crippen molar-refractivity contribution in [3.63, 3.8) is 0 Å². The molecule has 1 aromatic carbocycles. The van der Waals surface area contributed by atoms with E-state index in [-0.39, 0.29) is 0 Å². The second kappa shape index (κ2) is 4.78. The van der Waals surface area contributed by atoms with Crippen LogP contribution in [0.4, 0.5) is 0 Å². The predicted octanol–water partition coefficient (Wildman–Crippen LogP) is 3.25. The summed E-state index contributed by atoms with van der Waals surface area (Å²) in [6.07, 6.45) is 3.82. The van der Waals surface area contributed by atoms with Gasteiger partial charge in [-0.1, -0.05) is 19.9 Å². The van der Waals surface area contributed by atoms with Crippen LogP contribution in [0.3, 0.4) is 0 Å². The molecule has 0 radical (unpaired) electrons. The smallest absolute Gasteiger partial charge is 0.129 e. The van der Waals surface area contributed by atoms with Gasteiger partial charge in [-0.2, -0.15) is 0 Å². The number of nitrogens with zero attached hydrogens (tertiary/aromatic N) is 4. The third kappa shape index (κ3) is 2.11. The molecular formula is C16H20N4. The lowest BCUT2D eigenvalue weighted by atomic mass is 10.0. The van der Waals surface area contributed by atoms with Gasteiger partial charge in [0.05, 0.1) is 17.6 Å². The molecule has 4 heteroatoms. The fourth-order valence-corrected chi connectivity index (χ4v) is 2.49. The van der Waals surface area contributed by atoms with E-state index in [4.69, 9.17) is 4.98 Å². The average Bonchev–Trinajstić information content (AvgIpc) is 2.95. The minimum absolute atomic E-state index is 0.528. The fraction of sp³-hybridized carbons (Fsp3) is 0.375. The lowest BCUT2D eigenvalue weighted by molar-refractivity contribution is 0.688. The summed E-state index contributed by atoms with van der Waals surface area (Å²) in [5, 5.41) is 0. The van der Waals surface area contributed by atoms with Gasteiger partial charge in [-0.05, 0) is 30.5 Å².